The first kappa shape index (κ1) is 76.6. The topological polar surface area (TPSA) is 233 Å². The largest absolute Gasteiger partial charge is 0.465 e. The molecule has 7 aromatic carbocycles. The summed E-state index contributed by atoms with van der Waals surface area (Å²) in [5.41, 5.74) is 22.0. The summed E-state index contributed by atoms with van der Waals surface area (Å²) in [4.78, 5) is 69.6. The van der Waals surface area contributed by atoms with Crippen LogP contribution in [-0.4, -0.2) is 79.1 Å². The van der Waals surface area contributed by atoms with E-state index in [-0.39, 0.29) is 78.5 Å². The number of carbonyl (C=O) groups is 5. The Labute approximate surface area is 583 Å². The molecule has 5 aromatic heterocycles. The first-order valence-electron chi connectivity index (χ1n) is 30.8. The number of alkyl halides is 1. The maximum atomic E-state index is 14.2. The third kappa shape index (κ3) is 20.7. The number of ketones is 2. The summed E-state index contributed by atoms with van der Waals surface area (Å²) >= 11 is 2.94. The van der Waals surface area contributed by atoms with E-state index in [1.165, 1.54) is 89.3 Å². The molecule has 2 atom stereocenters. The van der Waals surface area contributed by atoms with Crippen LogP contribution in [0.1, 0.15) is 68.5 Å². The average Bonchev–Trinajstić information content (AvgIpc) is 1.16. The fourth-order valence-corrected chi connectivity index (χ4v) is 11.1. The van der Waals surface area contributed by atoms with Gasteiger partial charge in [0.05, 0.1) is 59.2 Å². The third-order valence-electron chi connectivity index (χ3n) is 15.3. The second kappa shape index (κ2) is 35.7. The molecule has 27 heteroatoms. The van der Waals surface area contributed by atoms with Crippen molar-refractivity contribution in [2.24, 2.45) is 17.2 Å². The number of amides is 2. The van der Waals surface area contributed by atoms with Gasteiger partial charge < -0.3 is 40.8 Å². The van der Waals surface area contributed by atoms with Gasteiger partial charge in [-0.15, -0.1) is 0 Å². The molecule has 0 bridgehead atoms. The number of H-pyrrole nitrogens is 1. The van der Waals surface area contributed by atoms with Gasteiger partial charge in [0, 0.05) is 114 Å². The van der Waals surface area contributed by atoms with Gasteiger partial charge in [-0.1, -0.05) is 46.3 Å². The number of rotatable bonds is 20. The molecule has 0 aliphatic carbocycles. The number of halogens is 12. The van der Waals surface area contributed by atoms with Crippen LogP contribution in [0.4, 0.5) is 48.3 Å². The zero-order chi connectivity index (χ0) is 73.9. The highest BCUT2D eigenvalue weighted by Crippen LogP contribution is 2.35. The molecule has 528 valence electrons. The first-order chi connectivity index (χ1) is 48.7. The number of nitrogens with two attached hydrogens (primary N) is 3. The zero-order valence-corrected chi connectivity index (χ0v) is 55.7. The van der Waals surface area contributed by atoms with E-state index in [0.29, 0.717) is 78.5 Å². The number of pyridine rings is 2. The van der Waals surface area contributed by atoms with E-state index in [1.54, 1.807) is 80.1 Å². The number of ether oxygens (including phenoxy) is 2. The van der Waals surface area contributed by atoms with Crippen LogP contribution in [0.15, 0.2) is 189 Å². The van der Waals surface area contributed by atoms with Crippen LogP contribution in [0.2, 0.25) is 0 Å². The van der Waals surface area contributed by atoms with Gasteiger partial charge in [0.15, 0.2) is 11.6 Å². The molecule has 12 rings (SSSR count). The molecule has 15 nitrogen and oxygen atoms in total. The van der Waals surface area contributed by atoms with Gasteiger partial charge in [0.2, 0.25) is 5.91 Å². The Morgan fingerprint density at radius 3 is 1.57 bits per heavy atom. The van der Waals surface area contributed by atoms with Crippen LogP contribution in [0, 0.1) is 64.0 Å². The quantitative estimate of drug-likeness (QED) is 0.0320. The highest BCUT2D eigenvalue weighted by molar-refractivity contribution is 9.09. The van der Waals surface area contributed by atoms with E-state index in [9.17, 15) is 72.3 Å². The van der Waals surface area contributed by atoms with Crippen molar-refractivity contribution in [2.75, 3.05) is 25.7 Å². The van der Waals surface area contributed by atoms with Crippen LogP contribution in [0.5, 0.6) is 0 Å². The van der Waals surface area contributed by atoms with E-state index in [0.717, 1.165) is 42.5 Å². The molecule has 2 amide bonds. The fraction of sp³-hybridized carbons (Fsp3) is 0.160. The van der Waals surface area contributed by atoms with E-state index in [4.69, 9.17) is 21.9 Å². The van der Waals surface area contributed by atoms with E-state index < -0.39 is 87.8 Å². The lowest BCUT2D eigenvalue weighted by atomic mass is 9.86. The highest BCUT2D eigenvalue weighted by Gasteiger charge is 2.25. The molecule has 102 heavy (non-hydrogen) atoms. The number of benzene rings is 7. The van der Waals surface area contributed by atoms with Crippen molar-refractivity contribution < 1.29 is 81.7 Å². The number of hydrogen-bond donors (Lipinski definition) is 4. The lowest BCUT2D eigenvalue weighted by molar-refractivity contribution is -0.139. The molecule has 0 aliphatic rings. The number of esters is 1. The van der Waals surface area contributed by atoms with Crippen LogP contribution in [0.3, 0.4) is 0 Å². The molecule has 0 saturated carbocycles. The van der Waals surface area contributed by atoms with Crippen molar-refractivity contribution in [1.29, 1.82) is 0 Å². The minimum absolute atomic E-state index is 0.0164. The van der Waals surface area contributed by atoms with Gasteiger partial charge in [-0.25, -0.2) is 48.3 Å². The molecular formula is C75H62BrF11N8O7. The molecule has 7 N–H and O–H groups in total. The number of Topliss-reactive ketones (excluding diaryl/α,β-unsaturated/α-hetero) is 2. The predicted molar refractivity (Wildman–Crippen MR) is 365 cm³/mol. The normalized spacial score (nSPS) is 11.4. The summed E-state index contributed by atoms with van der Waals surface area (Å²) in [6.07, 6.45) is 7.85. The summed E-state index contributed by atoms with van der Waals surface area (Å²) in [6, 6.07) is 33.7. The van der Waals surface area contributed by atoms with Crippen molar-refractivity contribution in [3.63, 3.8) is 0 Å². The van der Waals surface area contributed by atoms with Crippen molar-refractivity contribution in [1.82, 2.24) is 24.1 Å². The number of nitrogens with one attached hydrogen (secondary N) is 1. The minimum atomic E-state index is -0.890. The number of methoxy groups -OCH3 is 1. The Morgan fingerprint density at radius 2 is 1.04 bits per heavy atom. The summed E-state index contributed by atoms with van der Waals surface area (Å²) in [5.74, 6) is -10.3. The zero-order valence-electron chi connectivity index (χ0n) is 54.1. The number of hydrogen-bond acceptors (Lipinski definition) is 10. The number of nitrogens with zero attached hydrogens (tertiary/aromatic N) is 4. The second-order valence-electron chi connectivity index (χ2n) is 22.7. The maximum Gasteiger partial charge on any atom is 0.316 e. The first-order valence-corrected chi connectivity index (χ1v) is 31.9. The van der Waals surface area contributed by atoms with Crippen molar-refractivity contribution in [3.05, 3.63) is 286 Å². The number of fused-ring (bicyclic) bond motifs is 3. The monoisotopic (exact) mass is 1470 g/mol. The van der Waals surface area contributed by atoms with Gasteiger partial charge >= 0.3 is 5.97 Å². The van der Waals surface area contributed by atoms with Crippen LogP contribution < -0.4 is 17.2 Å². The van der Waals surface area contributed by atoms with Gasteiger partial charge in [-0.2, -0.15) is 0 Å². The molecule has 0 saturated heterocycles. The molecule has 0 unspecified atom stereocenters. The SMILES string of the molecule is CCOC(=O)CBr.COCC(=O)Cn1ccc2c(F)cc(F)cc21.Fc1cc(F)c2cc[nH]c2c1.NC(=O)c1cc(-c2cccnc2[C@@H](N)Cc2cc(F)cc(F)c2)ccc1F.NC(=O)c1cccc(-c2cccnc2[C@@H](CC(=O)Cn2ccc3c(F)cc(F)cc32)Cc2cc(F)cc(F)c2)c1. The molecule has 0 spiro atoms. The number of primary amides is 2. The lowest BCUT2D eigenvalue weighted by Crippen LogP contribution is -2.17. The molecule has 0 radical (unpaired) electrons. The molecule has 0 fully saturated rings. The van der Waals surface area contributed by atoms with Gasteiger partial charge in [0.1, 0.15) is 75.9 Å². The minimum Gasteiger partial charge on any atom is -0.465 e. The van der Waals surface area contributed by atoms with E-state index in [2.05, 4.69) is 35.6 Å². The van der Waals surface area contributed by atoms with Crippen LogP contribution >= 0.6 is 15.9 Å². The Kier molecular flexibility index (Phi) is 26.8. The predicted octanol–water partition coefficient (Wildman–Crippen LogP) is 15.4. The summed E-state index contributed by atoms with van der Waals surface area (Å²) < 4.78 is 161. The smallest absolute Gasteiger partial charge is 0.316 e. The van der Waals surface area contributed by atoms with Crippen molar-refractivity contribution in [3.8, 4) is 22.3 Å². The average molecular weight is 1480 g/mol. The highest BCUT2D eigenvalue weighted by atomic mass is 79.9. The number of aromatic nitrogens is 5. The van der Waals surface area contributed by atoms with Gasteiger partial charge in [0.25, 0.3) is 5.91 Å². The van der Waals surface area contributed by atoms with Gasteiger partial charge in [-0.3, -0.25) is 33.9 Å². The molecular weight excluding hydrogens is 1410 g/mol. The van der Waals surface area contributed by atoms with E-state index >= 15 is 0 Å². The second-order valence-corrected chi connectivity index (χ2v) is 23.2. The van der Waals surface area contributed by atoms with Crippen LogP contribution in [-0.2, 0) is 49.8 Å². The van der Waals surface area contributed by atoms with Gasteiger partial charge in [-0.05, 0) is 139 Å². The Bertz CT molecular complexity index is 4970. The summed E-state index contributed by atoms with van der Waals surface area (Å²) in [7, 11) is 1.42. The van der Waals surface area contributed by atoms with Crippen molar-refractivity contribution in [2.45, 2.75) is 51.2 Å². The van der Waals surface area contributed by atoms with Crippen molar-refractivity contribution >= 4 is 78.0 Å². The number of carbonyl (C=O) groups excluding carboxylic acids is 5. The summed E-state index contributed by atoms with van der Waals surface area (Å²) in [6.45, 7) is 2.09. The molecule has 5 heterocycles. The van der Waals surface area contributed by atoms with E-state index in [1.807, 2.05) is 0 Å². The Morgan fingerprint density at radius 1 is 0.529 bits per heavy atom. The Hall–Kier alpha value is -11.2. The standard InChI is InChI=1S/C31H23F4N3O2.C20H16F3N3O.C12H11F2NO2.C8H5F2N.C4H7BrO2/c32-22-10-18(11-23(33)14-22)9-21(13-25(39)17-38-8-6-27-28(35)15-24(34)16-29(27)38)30-26(5-2-7-37-30)19-3-1-4-20(12-19)31(36)40;21-13-6-11(7-14(22)10-13)8-18(24)19-15(2-1-5-26-19)12-3-4-17(23)16(9-12)20(25)27;1-17-7-9(16)6-15-3-2-10-11(14)4-8(13)5-12(10)15;9-5-3-7(10)6-1-2-11-8(6)4-5;1-2-7-4(6)3-5/h1-8,10-12,14-16,21H,9,13,17H2,(H2,36,40);1-7,9-10,18H,8,24H2,(H2,25,27);2-5H,6-7H2,1H3;1-4,11H;2-3H2,1H3/t21-;18-;;;/m10.../s1. The third-order valence-corrected chi connectivity index (χ3v) is 15.7. The van der Waals surface area contributed by atoms with Crippen LogP contribution in [0.25, 0.3) is 55.0 Å². The lowest BCUT2D eigenvalue weighted by Gasteiger charge is -2.20. The number of aromatic amines is 1. The molecule has 12 aromatic rings. The Balaban J connectivity index is 0.000000182. The maximum absolute atomic E-state index is 14.2. The fourth-order valence-electron chi connectivity index (χ4n) is 11.0. The summed E-state index contributed by atoms with van der Waals surface area (Å²) in [5, 5.41) is 1.20. The molecule has 0 aliphatic heterocycles.